The number of nitrogens with zero attached hydrogens (tertiary/aromatic N) is 1. The van der Waals surface area contributed by atoms with E-state index in [4.69, 9.17) is 15.9 Å². The Bertz CT molecular complexity index is 518. The second kappa shape index (κ2) is 5.68. The number of non-ortho nitro benzene ring substituents is 1. The van der Waals surface area contributed by atoms with Crippen LogP contribution in [0.15, 0.2) is 18.2 Å². The fourth-order valence-electron chi connectivity index (χ4n) is 1.23. The highest BCUT2D eigenvalue weighted by Gasteiger charge is 2.19. The molecular formula is C12H11NO5. The lowest BCUT2D eigenvalue weighted by molar-refractivity contribution is -0.384. The van der Waals surface area contributed by atoms with Gasteiger partial charge < -0.3 is 9.47 Å². The van der Waals surface area contributed by atoms with Gasteiger partial charge in [0.25, 0.3) is 5.69 Å². The van der Waals surface area contributed by atoms with E-state index in [0.29, 0.717) is 0 Å². The van der Waals surface area contributed by atoms with E-state index in [-0.39, 0.29) is 17.0 Å². The first kappa shape index (κ1) is 13.5. The predicted molar refractivity (Wildman–Crippen MR) is 63.4 cm³/mol. The molecule has 1 atom stereocenters. The Labute approximate surface area is 104 Å². The molecule has 0 radical (unpaired) electrons. The third kappa shape index (κ3) is 2.98. The van der Waals surface area contributed by atoms with Gasteiger partial charge in [0.2, 0.25) is 0 Å². The van der Waals surface area contributed by atoms with Gasteiger partial charge in [0, 0.05) is 12.1 Å². The van der Waals surface area contributed by atoms with E-state index < -0.39 is 17.0 Å². The number of nitro groups is 1. The minimum atomic E-state index is -0.763. The summed E-state index contributed by atoms with van der Waals surface area (Å²) < 4.78 is 9.83. The van der Waals surface area contributed by atoms with Crippen molar-refractivity contribution in [3.05, 3.63) is 33.9 Å². The molecule has 1 aromatic carbocycles. The molecular weight excluding hydrogens is 238 g/mol. The Morgan fingerprint density at radius 2 is 2.22 bits per heavy atom. The standard InChI is InChI=1S/C12H11NO5/c1-4-8(2)18-12(14)10-7-9(13(15)16)5-6-11(10)17-3/h1,5-8H,2-3H3/t8-/m1/s1. The Morgan fingerprint density at radius 1 is 1.56 bits per heavy atom. The van der Waals surface area contributed by atoms with Gasteiger partial charge in [0.05, 0.1) is 12.0 Å². The molecule has 0 aliphatic rings. The van der Waals surface area contributed by atoms with E-state index in [1.807, 2.05) is 0 Å². The molecule has 0 saturated carbocycles. The zero-order chi connectivity index (χ0) is 13.7. The maximum atomic E-state index is 11.7. The number of carbonyl (C=O) groups is 1. The second-order valence-electron chi connectivity index (χ2n) is 3.36. The van der Waals surface area contributed by atoms with Crippen molar-refractivity contribution in [2.75, 3.05) is 7.11 Å². The summed E-state index contributed by atoms with van der Waals surface area (Å²) in [6.07, 6.45) is 4.36. The van der Waals surface area contributed by atoms with Crippen molar-refractivity contribution in [2.24, 2.45) is 0 Å². The molecule has 0 aliphatic carbocycles. The van der Waals surface area contributed by atoms with Gasteiger partial charge in [0.15, 0.2) is 6.10 Å². The number of hydrogen-bond donors (Lipinski definition) is 0. The van der Waals surface area contributed by atoms with E-state index in [0.717, 1.165) is 6.07 Å². The number of hydrogen-bond acceptors (Lipinski definition) is 5. The van der Waals surface area contributed by atoms with Crippen LogP contribution in [-0.4, -0.2) is 24.1 Å². The molecule has 0 fully saturated rings. The molecule has 6 heteroatoms. The summed E-state index contributed by atoms with van der Waals surface area (Å²) >= 11 is 0. The maximum Gasteiger partial charge on any atom is 0.343 e. The predicted octanol–water partition coefficient (Wildman–Crippen LogP) is 1.78. The van der Waals surface area contributed by atoms with Gasteiger partial charge in [-0.25, -0.2) is 4.79 Å². The fraction of sp³-hybridized carbons (Fsp3) is 0.250. The lowest BCUT2D eigenvalue weighted by Gasteiger charge is -2.10. The van der Waals surface area contributed by atoms with Crippen LogP contribution in [0.25, 0.3) is 0 Å². The smallest absolute Gasteiger partial charge is 0.343 e. The van der Waals surface area contributed by atoms with E-state index in [2.05, 4.69) is 5.92 Å². The van der Waals surface area contributed by atoms with Gasteiger partial charge >= 0.3 is 5.97 Å². The SMILES string of the molecule is C#C[C@@H](C)OC(=O)c1cc([N+](=O)[O-])ccc1OC. The van der Waals surface area contributed by atoms with Crippen LogP contribution in [0.4, 0.5) is 5.69 Å². The summed E-state index contributed by atoms with van der Waals surface area (Å²) in [5, 5.41) is 10.6. The topological polar surface area (TPSA) is 78.7 Å². The van der Waals surface area contributed by atoms with Gasteiger partial charge in [0.1, 0.15) is 11.3 Å². The van der Waals surface area contributed by atoms with E-state index in [9.17, 15) is 14.9 Å². The van der Waals surface area contributed by atoms with Gasteiger partial charge in [-0.1, -0.05) is 5.92 Å². The van der Waals surface area contributed by atoms with Crippen LogP contribution in [0.2, 0.25) is 0 Å². The monoisotopic (exact) mass is 249 g/mol. The van der Waals surface area contributed by atoms with Crippen molar-refractivity contribution in [1.29, 1.82) is 0 Å². The maximum absolute atomic E-state index is 11.7. The summed E-state index contributed by atoms with van der Waals surface area (Å²) in [6.45, 7) is 1.52. The van der Waals surface area contributed by atoms with Gasteiger partial charge in [-0.3, -0.25) is 10.1 Å². The lowest BCUT2D eigenvalue weighted by Crippen LogP contribution is -2.14. The van der Waals surface area contributed by atoms with Crippen LogP contribution in [-0.2, 0) is 4.74 Å². The summed E-state index contributed by atoms with van der Waals surface area (Å²) in [7, 11) is 1.35. The quantitative estimate of drug-likeness (QED) is 0.352. The van der Waals surface area contributed by atoms with Gasteiger partial charge in [-0.2, -0.15) is 0 Å². The number of rotatable bonds is 4. The Kier molecular flexibility index (Phi) is 4.27. The highest BCUT2D eigenvalue weighted by Crippen LogP contribution is 2.24. The van der Waals surface area contributed by atoms with Crippen LogP contribution in [0, 0.1) is 22.5 Å². The molecule has 0 amide bonds. The molecule has 1 aromatic rings. The summed E-state index contributed by atoms with van der Waals surface area (Å²) in [5.74, 6) is 1.65. The number of methoxy groups -OCH3 is 1. The number of nitro benzene ring substituents is 1. The fourth-order valence-corrected chi connectivity index (χ4v) is 1.23. The van der Waals surface area contributed by atoms with Crippen molar-refractivity contribution >= 4 is 11.7 Å². The zero-order valence-corrected chi connectivity index (χ0v) is 9.88. The molecule has 0 spiro atoms. The number of terminal acetylenes is 1. The minimum Gasteiger partial charge on any atom is -0.496 e. The normalized spacial score (nSPS) is 11.2. The first-order chi connectivity index (χ1) is 8.49. The molecule has 0 unspecified atom stereocenters. The molecule has 0 aromatic heterocycles. The number of carbonyl (C=O) groups excluding carboxylic acids is 1. The van der Waals surface area contributed by atoms with Crippen LogP contribution >= 0.6 is 0 Å². The average Bonchev–Trinajstić information content (AvgIpc) is 2.37. The lowest BCUT2D eigenvalue weighted by atomic mass is 10.2. The number of ether oxygens (including phenoxy) is 2. The van der Waals surface area contributed by atoms with E-state index >= 15 is 0 Å². The highest BCUT2D eigenvalue weighted by molar-refractivity contribution is 5.93. The largest absolute Gasteiger partial charge is 0.496 e. The van der Waals surface area contributed by atoms with Crippen molar-refractivity contribution in [3.8, 4) is 18.1 Å². The van der Waals surface area contributed by atoms with Crippen molar-refractivity contribution in [3.63, 3.8) is 0 Å². The van der Waals surface area contributed by atoms with E-state index in [1.165, 1.54) is 26.2 Å². The van der Waals surface area contributed by atoms with Gasteiger partial charge in [-0.15, -0.1) is 6.42 Å². The molecule has 0 aliphatic heterocycles. The Morgan fingerprint density at radius 3 is 2.72 bits per heavy atom. The summed E-state index contributed by atoms with van der Waals surface area (Å²) in [4.78, 5) is 21.8. The summed E-state index contributed by atoms with van der Waals surface area (Å²) in [5.41, 5.74) is -0.259. The Balaban J connectivity index is 3.12. The Hall–Kier alpha value is -2.55. The molecule has 1 rings (SSSR count). The van der Waals surface area contributed by atoms with Crippen LogP contribution < -0.4 is 4.74 Å². The van der Waals surface area contributed by atoms with Crippen molar-refractivity contribution < 1.29 is 19.2 Å². The first-order valence-corrected chi connectivity index (χ1v) is 4.99. The first-order valence-electron chi connectivity index (χ1n) is 4.99. The molecule has 0 N–H and O–H groups in total. The summed E-state index contributed by atoms with van der Waals surface area (Å²) in [6, 6.07) is 3.65. The third-order valence-corrected chi connectivity index (χ3v) is 2.13. The second-order valence-corrected chi connectivity index (χ2v) is 3.36. The third-order valence-electron chi connectivity index (χ3n) is 2.13. The van der Waals surface area contributed by atoms with Crippen molar-refractivity contribution in [1.82, 2.24) is 0 Å². The zero-order valence-electron chi connectivity index (χ0n) is 9.88. The van der Waals surface area contributed by atoms with Crippen LogP contribution in [0.1, 0.15) is 17.3 Å². The molecule has 18 heavy (non-hydrogen) atoms. The van der Waals surface area contributed by atoms with Crippen LogP contribution in [0.5, 0.6) is 5.75 Å². The number of esters is 1. The highest BCUT2D eigenvalue weighted by atomic mass is 16.6. The molecule has 6 nitrogen and oxygen atoms in total. The molecule has 0 heterocycles. The molecule has 0 saturated heterocycles. The number of benzene rings is 1. The van der Waals surface area contributed by atoms with Gasteiger partial charge in [-0.05, 0) is 13.0 Å². The average molecular weight is 249 g/mol. The molecule has 0 bridgehead atoms. The molecule has 94 valence electrons. The van der Waals surface area contributed by atoms with E-state index in [1.54, 1.807) is 0 Å². The van der Waals surface area contributed by atoms with Crippen LogP contribution in [0.3, 0.4) is 0 Å². The minimum absolute atomic E-state index is 0.0335. The van der Waals surface area contributed by atoms with Crippen molar-refractivity contribution in [2.45, 2.75) is 13.0 Å².